The summed E-state index contributed by atoms with van der Waals surface area (Å²) in [6.45, 7) is 6.27. The molecule has 1 N–H and O–H groups in total. The van der Waals surface area contributed by atoms with Crippen molar-refractivity contribution in [2.45, 2.75) is 38.8 Å². The van der Waals surface area contributed by atoms with Gasteiger partial charge in [-0.1, -0.05) is 0 Å². The third-order valence-electron chi connectivity index (χ3n) is 3.58. The average molecular weight is 338 g/mol. The van der Waals surface area contributed by atoms with Crippen molar-refractivity contribution in [2.24, 2.45) is 0 Å². The minimum absolute atomic E-state index is 0.133. The molecule has 7 heteroatoms. The Hall–Kier alpha value is -2.31. The molecule has 1 saturated heterocycles. The van der Waals surface area contributed by atoms with Crippen LogP contribution in [0.4, 0.5) is 9.18 Å². The molecule has 0 unspecified atom stereocenters. The van der Waals surface area contributed by atoms with Crippen molar-refractivity contribution in [1.82, 2.24) is 10.2 Å². The van der Waals surface area contributed by atoms with Crippen LogP contribution in [0.5, 0.6) is 5.75 Å². The largest absolute Gasteiger partial charge is 0.496 e. The molecule has 24 heavy (non-hydrogen) atoms. The van der Waals surface area contributed by atoms with Crippen LogP contribution < -0.4 is 10.1 Å². The number of halogens is 1. The molecule has 2 amide bonds. The summed E-state index contributed by atoms with van der Waals surface area (Å²) in [5.74, 6) is -0.638. The van der Waals surface area contributed by atoms with Gasteiger partial charge in [-0.2, -0.15) is 0 Å². The van der Waals surface area contributed by atoms with Crippen molar-refractivity contribution in [2.75, 3.05) is 20.2 Å². The Labute approximate surface area is 140 Å². The van der Waals surface area contributed by atoms with E-state index in [-0.39, 0.29) is 11.6 Å². The highest BCUT2D eigenvalue weighted by atomic mass is 19.1. The topological polar surface area (TPSA) is 67.9 Å². The summed E-state index contributed by atoms with van der Waals surface area (Å²) < 4.78 is 23.8. The highest BCUT2D eigenvalue weighted by Gasteiger charge is 2.31. The van der Waals surface area contributed by atoms with E-state index in [1.54, 1.807) is 25.7 Å². The summed E-state index contributed by atoms with van der Waals surface area (Å²) in [6.07, 6.45) is 0.213. The summed E-state index contributed by atoms with van der Waals surface area (Å²) in [5.41, 5.74) is -0.430. The van der Waals surface area contributed by atoms with E-state index in [1.807, 2.05) is 0 Å². The second kappa shape index (κ2) is 7.07. The highest BCUT2D eigenvalue weighted by molar-refractivity contribution is 5.97. The first-order valence-corrected chi connectivity index (χ1v) is 7.82. The maximum atomic E-state index is 13.4. The normalized spacial score (nSPS) is 17.5. The van der Waals surface area contributed by atoms with Gasteiger partial charge in [-0.25, -0.2) is 9.18 Å². The van der Waals surface area contributed by atoms with Gasteiger partial charge in [0.25, 0.3) is 5.91 Å². The first-order chi connectivity index (χ1) is 11.2. The molecule has 0 bridgehead atoms. The predicted octanol–water partition coefficient (Wildman–Crippen LogP) is 2.57. The lowest BCUT2D eigenvalue weighted by molar-refractivity contribution is 0.0290. The molecule has 0 radical (unpaired) electrons. The van der Waals surface area contributed by atoms with Crippen molar-refractivity contribution in [3.8, 4) is 5.75 Å². The van der Waals surface area contributed by atoms with Crippen molar-refractivity contribution < 1.29 is 23.5 Å². The van der Waals surface area contributed by atoms with Crippen LogP contribution in [0.2, 0.25) is 0 Å². The molecule has 1 aliphatic heterocycles. The Morgan fingerprint density at radius 3 is 2.67 bits per heavy atom. The number of nitrogens with zero attached hydrogens (tertiary/aromatic N) is 1. The van der Waals surface area contributed by atoms with Crippen LogP contribution in [-0.4, -0.2) is 48.7 Å². The molecule has 2 rings (SSSR count). The Morgan fingerprint density at radius 2 is 2.04 bits per heavy atom. The van der Waals surface area contributed by atoms with Crippen molar-refractivity contribution >= 4 is 12.0 Å². The van der Waals surface area contributed by atoms with E-state index in [4.69, 9.17) is 9.47 Å². The minimum Gasteiger partial charge on any atom is -0.496 e. The van der Waals surface area contributed by atoms with E-state index in [2.05, 4.69) is 5.32 Å². The number of rotatable bonds is 3. The van der Waals surface area contributed by atoms with Crippen molar-refractivity contribution in [1.29, 1.82) is 0 Å². The Bertz CT molecular complexity index is 628. The number of carbonyl (C=O) groups excluding carboxylic acids is 2. The summed E-state index contributed by atoms with van der Waals surface area (Å²) in [7, 11) is 1.42. The number of nitrogens with one attached hydrogen (secondary N) is 1. The summed E-state index contributed by atoms with van der Waals surface area (Å²) in [6, 6.07) is 3.56. The molecule has 0 aromatic heterocycles. The van der Waals surface area contributed by atoms with Gasteiger partial charge in [0.15, 0.2) is 0 Å². The van der Waals surface area contributed by atoms with Gasteiger partial charge in [-0.15, -0.1) is 0 Å². The van der Waals surface area contributed by atoms with Gasteiger partial charge in [0, 0.05) is 19.1 Å². The Balaban J connectivity index is 1.97. The fourth-order valence-electron chi connectivity index (χ4n) is 2.49. The van der Waals surface area contributed by atoms with E-state index in [0.29, 0.717) is 25.3 Å². The second-order valence-corrected chi connectivity index (χ2v) is 6.73. The number of ether oxygens (including phenoxy) is 2. The van der Waals surface area contributed by atoms with E-state index >= 15 is 0 Å². The molecule has 0 spiro atoms. The van der Waals surface area contributed by atoms with E-state index in [1.165, 1.54) is 19.2 Å². The van der Waals surface area contributed by atoms with Crippen LogP contribution in [0.3, 0.4) is 0 Å². The van der Waals surface area contributed by atoms with E-state index < -0.39 is 23.4 Å². The van der Waals surface area contributed by atoms with Gasteiger partial charge in [-0.3, -0.25) is 4.79 Å². The number of likely N-dealkylation sites (tertiary alicyclic amines) is 1. The lowest BCUT2D eigenvalue weighted by atomic mass is 10.1. The van der Waals surface area contributed by atoms with Crippen LogP contribution in [-0.2, 0) is 4.74 Å². The number of hydrogen-bond donors (Lipinski definition) is 1. The average Bonchev–Trinajstić information content (AvgIpc) is 2.94. The summed E-state index contributed by atoms with van der Waals surface area (Å²) >= 11 is 0. The van der Waals surface area contributed by atoms with Gasteiger partial charge in [0.2, 0.25) is 0 Å². The number of carbonyl (C=O) groups is 2. The number of benzene rings is 1. The fourth-order valence-corrected chi connectivity index (χ4v) is 2.49. The van der Waals surface area contributed by atoms with Crippen LogP contribution in [0, 0.1) is 5.82 Å². The van der Waals surface area contributed by atoms with Crippen LogP contribution >= 0.6 is 0 Å². The Kier molecular flexibility index (Phi) is 5.31. The molecular weight excluding hydrogens is 315 g/mol. The first kappa shape index (κ1) is 18.0. The molecule has 1 aromatic rings. The van der Waals surface area contributed by atoms with E-state index in [9.17, 15) is 14.0 Å². The zero-order valence-electron chi connectivity index (χ0n) is 14.4. The van der Waals surface area contributed by atoms with Crippen LogP contribution in [0.1, 0.15) is 37.6 Å². The molecule has 1 fully saturated rings. The highest BCUT2D eigenvalue weighted by Crippen LogP contribution is 2.20. The molecule has 1 heterocycles. The molecule has 6 nitrogen and oxygen atoms in total. The van der Waals surface area contributed by atoms with Gasteiger partial charge in [-0.05, 0) is 45.4 Å². The zero-order valence-corrected chi connectivity index (χ0v) is 14.4. The maximum Gasteiger partial charge on any atom is 0.410 e. The van der Waals surface area contributed by atoms with Gasteiger partial charge in [0.05, 0.1) is 12.7 Å². The van der Waals surface area contributed by atoms with Gasteiger partial charge >= 0.3 is 6.09 Å². The lowest BCUT2D eigenvalue weighted by Gasteiger charge is -2.24. The second-order valence-electron chi connectivity index (χ2n) is 6.73. The van der Waals surface area contributed by atoms with Gasteiger partial charge < -0.3 is 19.7 Å². The standard InChI is InChI=1S/C17H23FN2O4/c1-17(2,3)24-16(22)20-8-7-12(10-20)19-15(21)13-9-11(18)5-6-14(13)23-4/h5-6,9,12H,7-8,10H2,1-4H3,(H,19,21)/t12-/m1/s1. The quantitative estimate of drug-likeness (QED) is 0.920. The summed E-state index contributed by atoms with van der Waals surface area (Å²) in [4.78, 5) is 25.9. The minimum atomic E-state index is -0.562. The molecule has 1 aromatic carbocycles. The lowest BCUT2D eigenvalue weighted by Crippen LogP contribution is -2.40. The molecular formula is C17H23FN2O4. The molecule has 0 aliphatic carbocycles. The third kappa shape index (κ3) is 4.59. The number of amides is 2. The van der Waals surface area contributed by atoms with Crippen molar-refractivity contribution in [3.05, 3.63) is 29.6 Å². The maximum absolute atomic E-state index is 13.4. The molecule has 1 atom stereocenters. The number of hydrogen-bond acceptors (Lipinski definition) is 4. The summed E-state index contributed by atoms with van der Waals surface area (Å²) in [5, 5.41) is 2.81. The Morgan fingerprint density at radius 1 is 1.33 bits per heavy atom. The van der Waals surface area contributed by atoms with Crippen molar-refractivity contribution in [3.63, 3.8) is 0 Å². The zero-order chi connectivity index (χ0) is 17.9. The van der Waals surface area contributed by atoms with Crippen LogP contribution in [0.25, 0.3) is 0 Å². The fraction of sp³-hybridized carbons (Fsp3) is 0.529. The first-order valence-electron chi connectivity index (χ1n) is 7.82. The SMILES string of the molecule is COc1ccc(F)cc1C(=O)N[C@@H]1CCN(C(=O)OC(C)(C)C)C1. The molecule has 1 aliphatic rings. The predicted molar refractivity (Wildman–Crippen MR) is 86.6 cm³/mol. The van der Waals surface area contributed by atoms with Gasteiger partial charge in [0.1, 0.15) is 17.2 Å². The third-order valence-corrected chi connectivity index (χ3v) is 3.58. The molecule has 0 saturated carbocycles. The monoisotopic (exact) mass is 338 g/mol. The van der Waals surface area contributed by atoms with Crippen LogP contribution in [0.15, 0.2) is 18.2 Å². The molecule has 132 valence electrons. The van der Waals surface area contributed by atoms with E-state index in [0.717, 1.165) is 6.07 Å². The number of methoxy groups -OCH3 is 1. The smallest absolute Gasteiger partial charge is 0.410 e.